The van der Waals surface area contributed by atoms with Gasteiger partial charge >= 0.3 is 6.98 Å². The fourth-order valence-corrected chi connectivity index (χ4v) is 2.31. The van der Waals surface area contributed by atoms with Gasteiger partial charge in [0.05, 0.1) is 0 Å². The standard InChI is InChI=1S/C11H20BF3N/c1-3-16(9-10(2)12(13,14)15)11-7-5-4-6-8-11/h11H,2-9H2,1H3/q-1. The predicted molar refractivity (Wildman–Crippen MR) is 62.3 cm³/mol. The predicted octanol–water partition coefficient (Wildman–Crippen LogP) is 3.58. The molecule has 0 aromatic carbocycles. The summed E-state index contributed by atoms with van der Waals surface area (Å²) in [6.07, 6.45) is 5.58. The molecule has 1 fully saturated rings. The topological polar surface area (TPSA) is 3.24 Å². The third-order valence-electron chi connectivity index (χ3n) is 3.37. The van der Waals surface area contributed by atoms with Crippen LogP contribution < -0.4 is 0 Å². The molecule has 0 saturated heterocycles. The van der Waals surface area contributed by atoms with Gasteiger partial charge in [0.2, 0.25) is 0 Å². The first-order chi connectivity index (χ1) is 7.45. The quantitative estimate of drug-likeness (QED) is 0.657. The first kappa shape index (κ1) is 13.6. The molecule has 0 spiro atoms. The zero-order valence-corrected chi connectivity index (χ0v) is 9.89. The average Bonchev–Trinajstić information content (AvgIpc) is 2.25. The van der Waals surface area contributed by atoms with Crippen LogP contribution in [0.15, 0.2) is 12.1 Å². The van der Waals surface area contributed by atoms with Crippen molar-refractivity contribution >= 4 is 6.98 Å². The van der Waals surface area contributed by atoms with Crippen molar-refractivity contribution in [3.63, 3.8) is 0 Å². The summed E-state index contributed by atoms with van der Waals surface area (Å²) < 4.78 is 37.3. The van der Waals surface area contributed by atoms with Gasteiger partial charge in [0.15, 0.2) is 0 Å². The Hall–Kier alpha value is -0.445. The number of rotatable bonds is 5. The molecule has 0 radical (unpaired) electrons. The normalized spacial score (nSPS) is 19.1. The maximum Gasteiger partial charge on any atom is 0.506 e. The van der Waals surface area contributed by atoms with Gasteiger partial charge in [-0.25, -0.2) is 0 Å². The van der Waals surface area contributed by atoms with Gasteiger partial charge in [-0.3, -0.25) is 4.90 Å². The Morgan fingerprint density at radius 3 is 2.25 bits per heavy atom. The molecule has 1 aliphatic carbocycles. The zero-order valence-electron chi connectivity index (χ0n) is 9.89. The summed E-state index contributed by atoms with van der Waals surface area (Å²) in [6, 6.07) is 0.327. The molecule has 0 bridgehead atoms. The van der Waals surface area contributed by atoms with Crippen LogP contribution >= 0.6 is 0 Å². The molecule has 0 N–H and O–H groups in total. The van der Waals surface area contributed by atoms with E-state index in [1.165, 1.54) is 6.42 Å². The van der Waals surface area contributed by atoms with Gasteiger partial charge in [-0.2, -0.15) is 0 Å². The van der Waals surface area contributed by atoms with E-state index in [1.54, 1.807) is 0 Å². The Kier molecular flexibility index (Phi) is 4.90. The summed E-state index contributed by atoms with van der Waals surface area (Å²) in [5.74, 6) is 0. The molecule has 0 heterocycles. The van der Waals surface area contributed by atoms with Crippen LogP contribution in [0.25, 0.3) is 0 Å². The molecule has 0 aliphatic heterocycles. The SMILES string of the molecule is C=C(CN(CC)C1CCCCC1)[B-](F)(F)F. The van der Waals surface area contributed by atoms with Gasteiger partial charge in [-0.15, -0.1) is 12.1 Å². The average molecular weight is 234 g/mol. The Balaban J connectivity index is 2.50. The number of halogens is 3. The summed E-state index contributed by atoms with van der Waals surface area (Å²) in [5.41, 5.74) is -0.563. The van der Waals surface area contributed by atoms with Crippen LogP contribution in [0.4, 0.5) is 12.9 Å². The number of nitrogens with zero attached hydrogens (tertiary/aromatic N) is 1. The minimum absolute atomic E-state index is 0.00926. The Labute approximate surface area is 95.8 Å². The molecule has 16 heavy (non-hydrogen) atoms. The second-order valence-electron chi connectivity index (χ2n) is 4.59. The highest BCUT2D eigenvalue weighted by atomic mass is 19.4. The molecule has 94 valence electrons. The fourth-order valence-electron chi connectivity index (χ4n) is 2.31. The molecular weight excluding hydrogens is 214 g/mol. The molecule has 1 saturated carbocycles. The van der Waals surface area contributed by atoms with Gasteiger partial charge in [-0.1, -0.05) is 26.2 Å². The summed E-state index contributed by atoms with van der Waals surface area (Å²) in [7, 11) is 0. The second kappa shape index (κ2) is 5.76. The van der Waals surface area contributed by atoms with Crippen molar-refractivity contribution in [2.75, 3.05) is 13.1 Å². The minimum Gasteiger partial charge on any atom is -0.445 e. The van der Waals surface area contributed by atoms with Crippen molar-refractivity contribution in [2.45, 2.75) is 45.1 Å². The largest absolute Gasteiger partial charge is 0.506 e. The van der Waals surface area contributed by atoms with Crippen LogP contribution in [-0.2, 0) is 0 Å². The number of hydrogen-bond donors (Lipinski definition) is 0. The van der Waals surface area contributed by atoms with Gasteiger partial charge < -0.3 is 12.9 Å². The Morgan fingerprint density at radius 1 is 1.25 bits per heavy atom. The fraction of sp³-hybridized carbons (Fsp3) is 0.818. The van der Waals surface area contributed by atoms with Crippen molar-refractivity contribution in [3.8, 4) is 0 Å². The Bertz CT molecular complexity index is 234. The molecule has 5 heteroatoms. The monoisotopic (exact) mass is 234 g/mol. The lowest BCUT2D eigenvalue weighted by molar-refractivity contribution is 0.177. The third-order valence-corrected chi connectivity index (χ3v) is 3.37. The lowest BCUT2D eigenvalue weighted by Gasteiger charge is -2.35. The first-order valence-electron chi connectivity index (χ1n) is 6.06. The summed E-state index contributed by atoms with van der Waals surface area (Å²) in [5, 5.41) is 0. The molecule has 0 atom stereocenters. The van der Waals surface area contributed by atoms with Crippen molar-refractivity contribution in [1.82, 2.24) is 4.90 Å². The van der Waals surface area contributed by atoms with Gasteiger partial charge in [-0.05, 0) is 25.9 Å². The van der Waals surface area contributed by atoms with E-state index in [-0.39, 0.29) is 6.54 Å². The van der Waals surface area contributed by atoms with Crippen LogP contribution in [0.2, 0.25) is 0 Å². The lowest BCUT2D eigenvalue weighted by Crippen LogP contribution is -2.40. The van der Waals surface area contributed by atoms with E-state index >= 15 is 0 Å². The third kappa shape index (κ3) is 3.85. The molecule has 0 aromatic heterocycles. The summed E-state index contributed by atoms with van der Waals surface area (Å²) in [4.78, 5) is 1.93. The van der Waals surface area contributed by atoms with E-state index < -0.39 is 12.4 Å². The zero-order chi connectivity index (χ0) is 12.2. The Morgan fingerprint density at radius 2 is 1.81 bits per heavy atom. The highest BCUT2D eigenvalue weighted by molar-refractivity contribution is 6.66. The summed E-state index contributed by atoms with van der Waals surface area (Å²) in [6.45, 7) is 0.885. The molecule has 1 rings (SSSR count). The summed E-state index contributed by atoms with van der Waals surface area (Å²) >= 11 is 0. The van der Waals surface area contributed by atoms with Crippen LogP contribution in [0.5, 0.6) is 0 Å². The van der Waals surface area contributed by atoms with Gasteiger partial charge in [0.1, 0.15) is 0 Å². The maximum atomic E-state index is 12.4. The molecular formula is C11H20BF3N-. The maximum absolute atomic E-state index is 12.4. The van der Waals surface area contributed by atoms with E-state index in [0.717, 1.165) is 25.7 Å². The van der Waals surface area contributed by atoms with E-state index in [2.05, 4.69) is 6.58 Å². The van der Waals surface area contributed by atoms with Crippen molar-refractivity contribution in [2.24, 2.45) is 0 Å². The van der Waals surface area contributed by atoms with E-state index in [4.69, 9.17) is 0 Å². The van der Waals surface area contributed by atoms with E-state index in [0.29, 0.717) is 12.6 Å². The van der Waals surface area contributed by atoms with Crippen LogP contribution in [0, 0.1) is 0 Å². The van der Waals surface area contributed by atoms with Crippen LogP contribution in [-0.4, -0.2) is 31.0 Å². The molecule has 0 unspecified atom stereocenters. The van der Waals surface area contributed by atoms with E-state index in [1.807, 2.05) is 11.8 Å². The van der Waals surface area contributed by atoms with Crippen LogP contribution in [0.1, 0.15) is 39.0 Å². The number of hydrogen-bond acceptors (Lipinski definition) is 1. The molecule has 1 nitrogen and oxygen atoms in total. The smallest absolute Gasteiger partial charge is 0.445 e. The molecule has 1 aliphatic rings. The van der Waals surface area contributed by atoms with Crippen LogP contribution in [0.3, 0.4) is 0 Å². The highest BCUT2D eigenvalue weighted by Gasteiger charge is 2.29. The first-order valence-corrected chi connectivity index (χ1v) is 6.06. The van der Waals surface area contributed by atoms with E-state index in [9.17, 15) is 12.9 Å². The van der Waals surface area contributed by atoms with Gasteiger partial charge in [0.25, 0.3) is 0 Å². The number of likely N-dealkylation sites (N-methyl/N-ethyl adjacent to an activating group) is 1. The van der Waals surface area contributed by atoms with Crippen molar-refractivity contribution in [3.05, 3.63) is 12.1 Å². The highest BCUT2D eigenvalue weighted by Crippen LogP contribution is 2.25. The minimum atomic E-state index is -4.87. The lowest BCUT2D eigenvalue weighted by atomic mass is 9.79. The molecule has 0 amide bonds. The second-order valence-corrected chi connectivity index (χ2v) is 4.59. The van der Waals surface area contributed by atoms with Crippen molar-refractivity contribution in [1.29, 1.82) is 0 Å². The van der Waals surface area contributed by atoms with Gasteiger partial charge in [0, 0.05) is 6.04 Å². The van der Waals surface area contributed by atoms with Crippen molar-refractivity contribution < 1.29 is 12.9 Å². The molecule has 0 aromatic rings.